The number of hydrogen-bond donors (Lipinski definition) is 3. The van der Waals surface area contributed by atoms with E-state index in [0.29, 0.717) is 10.5 Å². The van der Waals surface area contributed by atoms with Gasteiger partial charge in [-0.1, -0.05) is 23.7 Å². The van der Waals surface area contributed by atoms with Crippen molar-refractivity contribution in [2.24, 2.45) is 0 Å². The lowest BCUT2D eigenvalue weighted by Crippen LogP contribution is -2.43. The molecular formula is C17H11ClFN3O3. The Labute approximate surface area is 145 Å². The monoisotopic (exact) mass is 359 g/mol. The van der Waals surface area contributed by atoms with Gasteiger partial charge >= 0.3 is 0 Å². The Morgan fingerprint density at radius 2 is 1.68 bits per heavy atom. The molecule has 0 spiro atoms. The zero-order chi connectivity index (χ0) is 18.0. The van der Waals surface area contributed by atoms with Gasteiger partial charge in [0.25, 0.3) is 11.8 Å². The molecule has 0 atom stereocenters. The van der Waals surface area contributed by atoms with Gasteiger partial charge in [-0.3, -0.25) is 25.2 Å². The van der Waals surface area contributed by atoms with E-state index in [1.807, 2.05) is 0 Å². The van der Waals surface area contributed by atoms with E-state index < -0.39 is 23.1 Å². The Balaban J connectivity index is 1.81. The Morgan fingerprint density at radius 3 is 2.40 bits per heavy atom. The van der Waals surface area contributed by atoms with Crippen molar-refractivity contribution in [3.8, 4) is 0 Å². The maximum Gasteiger partial charge on any atom is 0.275 e. The summed E-state index contributed by atoms with van der Waals surface area (Å²) >= 11 is 5.86. The molecule has 126 valence electrons. The molecule has 0 aliphatic heterocycles. The maximum atomic E-state index is 13.5. The minimum atomic E-state index is -0.841. The van der Waals surface area contributed by atoms with Crippen LogP contribution in [0.4, 0.5) is 4.39 Å². The lowest BCUT2D eigenvalue weighted by atomic mass is 10.1. The Hall–Kier alpha value is -3.19. The minimum absolute atomic E-state index is 0.219. The summed E-state index contributed by atoms with van der Waals surface area (Å²) in [6.07, 6.45) is 1.23. The first-order valence-electron chi connectivity index (χ1n) is 7.13. The van der Waals surface area contributed by atoms with E-state index in [4.69, 9.17) is 11.6 Å². The zero-order valence-electron chi connectivity index (χ0n) is 12.6. The lowest BCUT2D eigenvalue weighted by molar-refractivity contribution is 0.0843. The second kappa shape index (κ2) is 6.74. The number of carbonyl (C=O) groups excluding carboxylic acids is 2. The van der Waals surface area contributed by atoms with Crippen molar-refractivity contribution in [2.75, 3.05) is 0 Å². The molecule has 0 fully saturated rings. The van der Waals surface area contributed by atoms with Gasteiger partial charge in [-0.2, -0.15) is 0 Å². The van der Waals surface area contributed by atoms with Crippen LogP contribution < -0.4 is 16.3 Å². The summed E-state index contributed by atoms with van der Waals surface area (Å²) in [6.45, 7) is 0. The van der Waals surface area contributed by atoms with Crippen molar-refractivity contribution in [1.82, 2.24) is 15.8 Å². The number of H-pyrrole nitrogens is 1. The summed E-state index contributed by atoms with van der Waals surface area (Å²) in [4.78, 5) is 39.2. The van der Waals surface area contributed by atoms with Crippen LogP contribution >= 0.6 is 11.6 Å². The fourth-order valence-corrected chi connectivity index (χ4v) is 2.43. The van der Waals surface area contributed by atoms with Gasteiger partial charge in [0, 0.05) is 22.1 Å². The van der Waals surface area contributed by atoms with E-state index in [-0.39, 0.29) is 16.5 Å². The number of amides is 2. The smallest absolute Gasteiger partial charge is 0.275 e. The molecule has 2 amide bonds. The van der Waals surface area contributed by atoms with E-state index in [9.17, 15) is 18.8 Å². The third-order valence-corrected chi connectivity index (χ3v) is 3.73. The van der Waals surface area contributed by atoms with E-state index in [2.05, 4.69) is 15.8 Å². The SMILES string of the molecule is O=C(NNC(=O)c1c[nH]c2ccc(Cl)cc2c1=O)c1ccccc1F. The van der Waals surface area contributed by atoms with Crippen LogP contribution in [-0.4, -0.2) is 16.8 Å². The standard InChI is InChI=1S/C17H11ClFN3O3/c18-9-5-6-14-11(7-9)15(23)12(8-20-14)17(25)22-21-16(24)10-3-1-2-4-13(10)19/h1-8H,(H,20,23)(H,21,24)(H,22,25). The molecule has 2 aromatic carbocycles. The molecule has 0 aliphatic rings. The van der Waals surface area contributed by atoms with E-state index >= 15 is 0 Å². The van der Waals surface area contributed by atoms with Crippen molar-refractivity contribution < 1.29 is 14.0 Å². The number of aromatic nitrogens is 1. The number of benzene rings is 2. The van der Waals surface area contributed by atoms with Crippen molar-refractivity contribution in [3.05, 3.63) is 80.9 Å². The first-order chi connectivity index (χ1) is 12.0. The molecule has 25 heavy (non-hydrogen) atoms. The number of halogens is 2. The quantitative estimate of drug-likeness (QED) is 0.613. The van der Waals surface area contributed by atoms with Crippen molar-refractivity contribution >= 4 is 34.3 Å². The molecule has 3 aromatic rings. The molecule has 0 bridgehead atoms. The van der Waals surface area contributed by atoms with Gasteiger partial charge in [0.2, 0.25) is 5.43 Å². The molecule has 8 heteroatoms. The Bertz CT molecular complexity index is 1050. The van der Waals surface area contributed by atoms with Crippen LogP contribution in [0.25, 0.3) is 10.9 Å². The molecule has 6 nitrogen and oxygen atoms in total. The number of aromatic amines is 1. The summed E-state index contributed by atoms with van der Waals surface area (Å²) in [7, 11) is 0. The summed E-state index contributed by atoms with van der Waals surface area (Å²) in [5.41, 5.74) is 3.67. The van der Waals surface area contributed by atoms with E-state index in [1.54, 1.807) is 12.1 Å². The Kier molecular flexibility index (Phi) is 4.49. The molecule has 0 saturated heterocycles. The summed E-state index contributed by atoms with van der Waals surface area (Å²) in [5.74, 6) is -2.41. The van der Waals surface area contributed by atoms with E-state index in [0.717, 1.165) is 6.07 Å². The van der Waals surface area contributed by atoms with Gasteiger partial charge in [-0.15, -0.1) is 0 Å². The predicted octanol–water partition coefficient (Wildman–Crippen LogP) is 2.40. The van der Waals surface area contributed by atoms with Crippen LogP contribution in [0.2, 0.25) is 5.02 Å². The lowest BCUT2D eigenvalue weighted by Gasteiger charge is -2.08. The highest BCUT2D eigenvalue weighted by atomic mass is 35.5. The number of carbonyl (C=O) groups is 2. The number of pyridine rings is 1. The minimum Gasteiger partial charge on any atom is -0.360 e. The zero-order valence-corrected chi connectivity index (χ0v) is 13.4. The normalized spacial score (nSPS) is 10.5. The molecule has 0 radical (unpaired) electrons. The van der Waals surface area contributed by atoms with Gasteiger partial charge in [0.15, 0.2) is 0 Å². The van der Waals surface area contributed by atoms with Gasteiger partial charge < -0.3 is 4.98 Å². The van der Waals surface area contributed by atoms with Crippen molar-refractivity contribution in [3.63, 3.8) is 0 Å². The summed E-state index contributed by atoms with van der Waals surface area (Å²) in [5, 5.41) is 0.587. The number of fused-ring (bicyclic) bond motifs is 1. The third-order valence-electron chi connectivity index (χ3n) is 3.50. The van der Waals surface area contributed by atoms with Crippen LogP contribution in [0.3, 0.4) is 0 Å². The average molecular weight is 360 g/mol. The first-order valence-corrected chi connectivity index (χ1v) is 7.51. The van der Waals surface area contributed by atoms with Crippen molar-refractivity contribution in [2.45, 2.75) is 0 Å². The van der Waals surface area contributed by atoms with Gasteiger partial charge in [-0.25, -0.2) is 4.39 Å². The molecule has 1 aromatic heterocycles. The second-order valence-corrected chi connectivity index (χ2v) is 5.55. The molecule has 0 saturated carbocycles. The fraction of sp³-hybridized carbons (Fsp3) is 0. The van der Waals surface area contributed by atoms with Crippen LogP contribution in [0.15, 0.2) is 53.5 Å². The third kappa shape index (κ3) is 3.36. The predicted molar refractivity (Wildman–Crippen MR) is 90.9 cm³/mol. The molecule has 3 rings (SSSR count). The van der Waals surface area contributed by atoms with Gasteiger partial charge in [0.1, 0.15) is 11.4 Å². The highest BCUT2D eigenvalue weighted by Gasteiger charge is 2.16. The number of hydrazine groups is 1. The average Bonchev–Trinajstić information content (AvgIpc) is 2.60. The Morgan fingerprint density at radius 1 is 1.00 bits per heavy atom. The topological polar surface area (TPSA) is 91.1 Å². The first kappa shape index (κ1) is 16.7. The molecule has 3 N–H and O–H groups in total. The molecular weight excluding hydrogens is 349 g/mol. The summed E-state index contributed by atoms with van der Waals surface area (Å²) in [6, 6.07) is 9.96. The van der Waals surface area contributed by atoms with Crippen molar-refractivity contribution in [1.29, 1.82) is 0 Å². The number of rotatable bonds is 2. The highest BCUT2D eigenvalue weighted by molar-refractivity contribution is 6.31. The van der Waals surface area contributed by atoms with E-state index in [1.165, 1.54) is 30.5 Å². The number of nitrogens with one attached hydrogen (secondary N) is 3. The fourth-order valence-electron chi connectivity index (χ4n) is 2.25. The number of hydrogen-bond acceptors (Lipinski definition) is 3. The van der Waals surface area contributed by atoms with Gasteiger partial charge in [0.05, 0.1) is 5.56 Å². The summed E-state index contributed by atoms with van der Waals surface area (Å²) < 4.78 is 13.5. The molecule has 0 unspecified atom stereocenters. The highest BCUT2D eigenvalue weighted by Crippen LogP contribution is 2.15. The van der Waals surface area contributed by atoms with Crippen LogP contribution in [0.5, 0.6) is 0 Å². The van der Waals surface area contributed by atoms with Crippen LogP contribution in [-0.2, 0) is 0 Å². The molecule has 0 aliphatic carbocycles. The van der Waals surface area contributed by atoms with Crippen LogP contribution in [0, 0.1) is 5.82 Å². The largest absolute Gasteiger partial charge is 0.360 e. The second-order valence-electron chi connectivity index (χ2n) is 5.11. The molecule has 1 heterocycles. The van der Waals surface area contributed by atoms with Gasteiger partial charge in [-0.05, 0) is 30.3 Å². The maximum absolute atomic E-state index is 13.5. The van der Waals surface area contributed by atoms with Crippen LogP contribution in [0.1, 0.15) is 20.7 Å².